The molecule has 0 unspecified atom stereocenters. The van der Waals surface area contributed by atoms with Crippen molar-refractivity contribution in [3.8, 4) is 0 Å². The van der Waals surface area contributed by atoms with Crippen molar-refractivity contribution < 1.29 is 9.53 Å². The zero-order valence-electron chi connectivity index (χ0n) is 18.2. The molecule has 2 rings (SSSR count). The number of hydrogen-bond donors (Lipinski definition) is 2. The topological polar surface area (TPSA) is 95.0 Å². The molecule has 1 saturated heterocycles. The number of rotatable bonds is 11. The summed E-state index contributed by atoms with van der Waals surface area (Å²) < 4.78 is 5.34. The summed E-state index contributed by atoms with van der Waals surface area (Å²) in [6.07, 6.45) is 5.94. The second-order valence-corrected chi connectivity index (χ2v) is 6.76. The van der Waals surface area contributed by atoms with Gasteiger partial charge in [0.1, 0.15) is 0 Å². The molecule has 10 heteroatoms. The molecule has 1 aromatic heterocycles. The fourth-order valence-electron chi connectivity index (χ4n) is 3.05. The van der Waals surface area contributed by atoms with E-state index in [1.54, 1.807) is 12.4 Å². The smallest absolute Gasteiger partial charge is 0.225 e. The van der Waals surface area contributed by atoms with Gasteiger partial charge in [-0.1, -0.05) is 0 Å². The third kappa shape index (κ3) is 9.88. The summed E-state index contributed by atoms with van der Waals surface area (Å²) in [6.45, 7) is 10.6. The van der Waals surface area contributed by atoms with Crippen LogP contribution in [0.15, 0.2) is 23.5 Å². The quantitative estimate of drug-likeness (QED) is 0.193. The molecule has 2 N–H and O–H groups in total. The van der Waals surface area contributed by atoms with Gasteiger partial charge in [-0.05, 0) is 32.8 Å². The molecule has 0 aromatic carbocycles. The summed E-state index contributed by atoms with van der Waals surface area (Å²) in [5.41, 5.74) is 0. The molecule has 1 fully saturated rings. The number of ether oxygens (including phenoxy) is 1. The first-order valence-electron chi connectivity index (χ1n) is 10.6. The molecular weight excluding hydrogens is 497 g/mol. The number of hydrogen-bond acceptors (Lipinski definition) is 6. The lowest BCUT2D eigenvalue weighted by molar-refractivity contribution is -0.131. The maximum Gasteiger partial charge on any atom is 0.225 e. The van der Waals surface area contributed by atoms with Crippen LogP contribution in [-0.2, 0) is 9.53 Å². The maximum absolute atomic E-state index is 12.5. The van der Waals surface area contributed by atoms with E-state index in [2.05, 4.69) is 30.5 Å². The molecule has 1 aliphatic rings. The summed E-state index contributed by atoms with van der Waals surface area (Å²) in [7, 11) is 0. The lowest BCUT2D eigenvalue weighted by atomic mass is 10.3. The minimum atomic E-state index is 0. The van der Waals surface area contributed by atoms with E-state index in [9.17, 15) is 4.79 Å². The fourth-order valence-corrected chi connectivity index (χ4v) is 3.05. The Bertz CT molecular complexity index is 610. The number of carbonyl (C=O) groups excluding carboxylic acids is 1. The van der Waals surface area contributed by atoms with Gasteiger partial charge in [-0.15, -0.1) is 24.0 Å². The monoisotopic (exact) mass is 533 g/mol. The normalized spacial score (nSPS) is 14.3. The molecule has 0 saturated carbocycles. The Morgan fingerprint density at radius 3 is 2.53 bits per heavy atom. The van der Waals surface area contributed by atoms with Crippen molar-refractivity contribution in [2.75, 3.05) is 63.9 Å². The van der Waals surface area contributed by atoms with E-state index < -0.39 is 0 Å². The second kappa shape index (κ2) is 16.1. The second-order valence-electron chi connectivity index (χ2n) is 6.76. The molecular formula is C20H36IN7O2. The van der Waals surface area contributed by atoms with Gasteiger partial charge in [0.25, 0.3) is 0 Å². The van der Waals surface area contributed by atoms with Crippen molar-refractivity contribution in [2.45, 2.75) is 33.1 Å². The van der Waals surface area contributed by atoms with Gasteiger partial charge in [-0.25, -0.2) is 9.97 Å². The predicted molar refractivity (Wildman–Crippen MR) is 131 cm³/mol. The largest absolute Gasteiger partial charge is 0.382 e. The van der Waals surface area contributed by atoms with Gasteiger partial charge >= 0.3 is 0 Å². The minimum Gasteiger partial charge on any atom is -0.382 e. The van der Waals surface area contributed by atoms with Crippen LogP contribution in [0, 0.1) is 0 Å². The van der Waals surface area contributed by atoms with Crippen LogP contribution in [0.4, 0.5) is 5.95 Å². The lowest BCUT2D eigenvalue weighted by Gasteiger charge is -2.34. The summed E-state index contributed by atoms with van der Waals surface area (Å²) in [6, 6.07) is 1.81. The average Bonchev–Trinajstić information content (AvgIpc) is 2.76. The SMILES string of the molecule is CCNC(=NCCCCOCC)NCCC(=O)N1CCN(c2ncccn2)CC1.I. The summed E-state index contributed by atoms with van der Waals surface area (Å²) in [5, 5.41) is 6.48. The molecule has 0 atom stereocenters. The number of nitrogens with zero attached hydrogens (tertiary/aromatic N) is 5. The van der Waals surface area contributed by atoms with Gasteiger partial charge in [-0.3, -0.25) is 9.79 Å². The van der Waals surface area contributed by atoms with E-state index in [0.29, 0.717) is 26.1 Å². The number of carbonyl (C=O) groups is 1. The fraction of sp³-hybridized carbons (Fsp3) is 0.700. The molecule has 9 nitrogen and oxygen atoms in total. The van der Waals surface area contributed by atoms with Crippen molar-refractivity contribution >= 4 is 41.8 Å². The van der Waals surface area contributed by atoms with Crippen LogP contribution in [0.1, 0.15) is 33.1 Å². The first kappa shape index (κ1) is 26.3. The first-order valence-corrected chi connectivity index (χ1v) is 10.6. The van der Waals surface area contributed by atoms with E-state index in [-0.39, 0.29) is 29.9 Å². The number of unbranched alkanes of at least 4 members (excludes halogenated alkanes) is 1. The molecule has 1 amide bonds. The molecule has 170 valence electrons. The number of anilines is 1. The van der Waals surface area contributed by atoms with Crippen molar-refractivity contribution in [1.29, 1.82) is 0 Å². The van der Waals surface area contributed by atoms with Crippen molar-refractivity contribution in [2.24, 2.45) is 4.99 Å². The number of aromatic nitrogens is 2. The van der Waals surface area contributed by atoms with E-state index in [0.717, 1.165) is 64.1 Å². The van der Waals surface area contributed by atoms with E-state index >= 15 is 0 Å². The third-order valence-corrected chi connectivity index (χ3v) is 4.61. The Morgan fingerprint density at radius 2 is 1.87 bits per heavy atom. The number of halogens is 1. The van der Waals surface area contributed by atoms with Crippen LogP contribution < -0.4 is 15.5 Å². The van der Waals surface area contributed by atoms with Crippen molar-refractivity contribution in [1.82, 2.24) is 25.5 Å². The van der Waals surface area contributed by atoms with Gasteiger partial charge in [0.15, 0.2) is 5.96 Å². The van der Waals surface area contributed by atoms with E-state index in [1.807, 2.05) is 24.8 Å². The van der Waals surface area contributed by atoms with Gasteiger partial charge in [-0.2, -0.15) is 0 Å². The molecule has 30 heavy (non-hydrogen) atoms. The highest BCUT2D eigenvalue weighted by molar-refractivity contribution is 14.0. The number of amides is 1. The molecule has 0 spiro atoms. The van der Waals surface area contributed by atoms with Gasteiger partial charge in [0.2, 0.25) is 11.9 Å². The zero-order valence-corrected chi connectivity index (χ0v) is 20.5. The highest BCUT2D eigenvalue weighted by Gasteiger charge is 2.22. The Kier molecular flexibility index (Phi) is 14.1. The van der Waals surface area contributed by atoms with Crippen LogP contribution >= 0.6 is 24.0 Å². The van der Waals surface area contributed by atoms with Crippen LogP contribution in [-0.4, -0.2) is 85.8 Å². The van der Waals surface area contributed by atoms with Crippen LogP contribution in [0.3, 0.4) is 0 Å². The van der Waals surface area contributed by atoms with Gasteiger partial charge in [0.05, 0.1) is 0 Å². The summed E-state index contributed by atoms with van der Waals surface area (Å²) in [4.78, 5) is 29.6. The van der Waals surface area contributed by atoms with Gasteiger partial charge < -0.3 is 25.2 Å². The predicted octanol–water partition coefficient (Wildman–Crippen LogP) is 1.51. The highest BCUT2D eigenvalue weighted by atomic mass is 127. The van der Waals surface area contributed by atoms with Crippen molar-refractivity contribution in [3.05, 3.63) is 18.5 Å². The molecule has 1 aromatic rings. The van der Waals surface area contributed by atoms with E-state index in [4.69, 9.17) is 4.74 Å². The Morgan fingerprint density at radius 1 is 1.13 bits per heavy atom. The highest BCUT2D eigenvalue weighted by Crippen LogP contribution is 2.10. The van der Waals surface area contributed by atoms with Crippen LogP contribution in [0.5, 0.6) is 0 Å². The average molecular weight is 533 g/mol. The summed E-state index contributed by atoms with van der Waals surface area (Å²) >= 11 is 0. The Labute approximate surface area is 197 Å². The van der Waals surface area contributed by atoms with E-state index in [1.165, 1.54) is 0 Å². The number of piperazine rings is 1. The number of nitrogens with one attached hydrogen (secondary N) is 2. The third-order valence-electron chi connectivity index (χ3n) is 4.61. The standard InChI is InChI=1S/C20H35N7O2.HI/c1-3-21-19(22-9-5-6-17-29-4-2)23-12-8-18(28)26-13-15-27(16-14-26)20-24-10-7-11-25-20;/h7,10-11H,3-6,8-9,12-17H2,1-2H3,(H2,21,22,23);1H. The maximum atomic E-state index is 12.5. The lowest BCUT2D eigenvalue weighted by Crippen LogP contribution is -2.50. The first-order chi connectivity index (χ1) is 14.2. The minimum absolute atomic E-state index is 0. The molecule has 2 heterocycles. The summed E-state index contributed by atoms with van der Waals surface area (Å²) in [5.74, 6) is 1.66. The van der Waals surface area contributed by atoms with Gasteiger partial charge in [0, 0.05) is 77.8 Å². The molecule has 0 radical (unpaired) electrons. The zero-order chi connectivity index (χ0) is 20.7. The van der Waals surface area contributed by atoms with Crippen LogP contribution in [0.2, 0.25) is 0 Å². The molecule has 1 aliphatic heterocycles. The number of guanidine groups is 1. The number of aliphatic imine (C=N–C) groups is 1. The molecule has 0 bridgehead atoms. The van der Waals surface area contributed by atoms with Crippen molar-refractivity contribution in [3.63, 3.8) is 0 Å². The molecule has 0 aliphatic carbocycles. The Hall–Kier alpha value is -1.69. The van der Waals surface area contributed by atoms with Crippen LogP contribution in [0.25, 0.3) is 0 Å². The Balaban J connectivity index is 0.00000450.